The van der Waals surface area contributed by atoms with Gasteiger partial charge in [-0.3, -0.25) is 0 Å². The number of imidazole rings is 1. The Labute approximate surface area is 75.6 Å². The highest BCUT2D eigenvalue weighted by atomic mass is 15.0. The summed E-state index contributed by atoms with van der Waals surface area (Å²) in [4.78, 5) is 4.25. The number of nitrogens with zero attached hydrogens (tertiary/aromatic N) is 2. The van der Waals surface area contributed by atoms with E-state index in [1.54, 1.807) is 0 Å². The molecular weight excluding hydrogens is 148 g/mol. The Bertz CT molecular complexity index is 218. The fourth-order valence-electron chi connectivity index (χ4n) is 1.09. The fourth-order valence-corrected chi connectivity index (χ4v) is 1.09. The molecule has 0 radical (unpaired) electrons. The molecule has 70 valence electrons. The highest BCUT2D eigenvalue weighted by Crippen LogP contribution is 2.18. The molecule has 0 fully saturated rings. The first-order chi connectivity index (χ1) is 5.52. The number of hydrogen-bond donors (Lipinski definition) is 0. The monoisotopic (exact) mass is 168 g/mol. The van der Waals surface area contributed by atoms with Crippen molar-refractivity contribution in [3.8, 4) is 0 Å². The number of aromatic nitrogens is 2. The minimum Gasteiger partial charge on any atom is -0.338 e. The van der Waals surface area contributed by atoms with Gasteiger partial charge in [-0.25, -0.2) is 4.98 Å². The van der Waals surface area contributed by atoms with Gasteiger partial charge in [0.05, 0.1) is 0 Å². The molecule has 0 N–H and O–H groups in total. The summed E-state index contributed by atoms with van der Waals surface area (Å²) in [6, 6.07) is 0. The minimum absolute atomic E-state index is 0.165. The third-order valence-corrected chi connectivity index (χ3v) is 1.49. The Morgan fingerprint density at radius 2 is 1.75 bits per heavy atom. The summed E-state index contributed by atoms with van der Waals surface area (Å²) in [5, 5.41) is 0. The Morgan fingerprint density at radius 1 is 1.25 bits per heavy atom. The molecule has 0 spiro atoms. The van der Waals surface area contributed by atoms with Gasteiger partial charge >= 0.3 is 0 Å². The van der Waals surface area contributed by atoms with Crippen LogP contribution in [-0.4, -0.2) is 9.55 Å². The van der Waals surface area contributed by atoms with E-state index in [4.69, 9.17) is 0 Å². The van der Waals surface area contributed by atoms with Crippen LogP contribution in [0.5, 0.6) is 0 Å². The highest BCUT2D eigenvalue weighted by Gasteiger charge is 2.17. The second-order valence-corrected chi connectivity index (χ2v) is 3.61. The molecule has 2 nitrogen and oxygen atoms in total. The average molecular weight is 168 g/mol. The molecule has 0 aliphatic rings. The SMILES string of the molecule is CC.Cn1ccnc1C(C)(C)C. The van der Waals surface area contributed by atoms with E-state index in [0.29, 0.717) is 0 Å². The maximum atomic E-state index is 4.25. The van der Waals surface area contributed by atoms with E-state index in [2.05, 4.69) is 30.3 Å². The van der Waals surface area contributed by atoms with Crippen molar-refractivity contribution in [1.29, 1.82) is 0 Å². The molecule has 1 rings (SSSR count). The van der Waals surface area contributed by atoms with Crippen LogP contribution in [0, 0.1) is 0 Å². The summed E-state index contributed by atoms with van der Waals surface area (Å²) in [7, 11) is 2.02. The molecule has 0 aliphatic carbocycles. The first kappa shape index (κ1) is 11.2. The Morgan fingerprint density at radius 3 is 1.92 bits per heavy atom. The van der Waals surface area contributed by atoms with Crippen molar-refractivity contribution >= 4 is 0 Å². The molecule has 0 atom stereocenters. The zero-order valence-corrected chi connectivity index (χ0v) is 9.05. The quantitative estimate of drug-likeness (QED) is 0.582. The normalized spacial score (nSPS) is 10.5. The van der Waals surface area contributed by atoms with E-state index in [9.17, 15) is 0 Å². The lowest BCUT2D eigenvalue weighted by atomic mass is 9.96. The minimum atomic E-state index is 0.165. The van der Waals surface area contributed by atoms with Gasteiger partial charge in [0.25, 0.3) is 0 Å². The Balaban J connectivity index is 0.000000561. The van der Waals surface area contributed by atoms with E-state index in [0.717, 1.165) is 5.82 Å². The molecule has 0 aromatic carbocycles. The Hall–Kier alpha value is -0.790. The molecule has 1 aromatic heterocycles. The van der Waals surface area contributed by atoms with Gasteiger partial charge in [0.2, 0.25) is 0 Å². The van der Waals surface area contributed by atoms with Crippen LogP contribution in [0.4, 0.5) is 0 Å². The topological polar surface area (TPSA) is 17.8 Å². The van der Waals surface area contributed by atoms with Gasteiger partial charge in [-0.1, -0.05) is 34.6 Å². The summed E-state index contributed by atoms with van der Waals surface area (Å²) in [6.07, 6.45) is 3.81. The van der Waals surface area contributed by atoms with E-state index >= 15 is 0 Å². The third-order valence-electron chi connectivity index (χ3n) is 1.49. The number of rotatable bonds is 0. The predicted molar refractivity (Wildman–Crippen MR) is 53.3 cm³/mol. The fraction of sp³-hybridized carbons (Fsp3) is 0.700. The van der Waals surface area contributed by atoms with Gasteiger partial charge in [0.1, 0.15) is 5.82 Å². The van der Waals surface area contributed by atoms with Crippen molar-refractivity contribution in [2.75, 3.05) is 0 Å². The Kier molecular flexibility index (Phi) is 4.01. The van der Waals surface area contributed by atoms with Gasteiger partial charge in [-0.05, 0) is 0 Å². The first-order valence-electron chi connectivity index (χ1n) is 4.49. The molecule has 2 heteroatoms. The van der Waals surface area contributed by atoms with E-state index in [1.807, 2.05) is 33.3 Å². The molecule has 0 aliphatic heterocycles. The van der Waals surface area contributed by atoms with E-state index < -0.39 is 0 Å². The van der Waals surface area contributed by atoms with Crippen molar-refractivity contribution in [3.05, 3.63) is 18.2 Å². The van der Waals surface area contributed by atoms with E-state index in [-0.39, 0.29) is 5.41 Å². The molecule has 0 amide bonds. The first-order valence-corrected chi connectivity index (χ1v) is 4.49. The van der Waals surface area contributed by atoms with Crippen LogP contribution in [0.1, 0.15) is 40.4 Å². The van der Waals surface area contributed by atoms with Crippen LogP contribution in [0.15, 0.2) is 12.4 Å². The predicted octanol–water partition coefficient (Wildman–Crippen LogP) is 2.74. The van der Waals surface area contributed by atoms with Crippen LogP contribution in [-0.2, 0) is 12.5 Å². The summed E-state index contributed by atoms with van der Waals surface area (Å²) in [6.45, 7) is 10.5. The maximum Gasteiger partial charge on any atom is 0.113 e. The molecule has 12 heavy (non-hydrogen) atoms. The molecule has 0 saturated carbocycles. The largest absolute Gasteiger partial charge is 0.338 e. The second kappa shape index (κ2) is 4.29. The lowest BCUT2D eigenvalue weighted by Crippen LogP contribution is -2.16. The smallest absolute Gasteiger partial charge is 0.113 e. The molecule has 0 bridgehead atoms. The lowest BCUT2D eigenvalue weighted by molar-refractivity contribution is 0.522. The molecular formula is C10H20N2. The standard InChI is InChI=1S/C8H14N2.C2H6/c1-8(2,3)7-9-5-6-10(7)4;1-2/h5-6H,1-4H3;1-2H3. The van der Waals surface area contributed by atoms with Crippen LogP contribution >= 0.6 is 0 Å². The maximum absolute atomic E-state index is 4.25. The highest BCUT2D eigenvalue weighted by molar-refractivity contribution is 5.03. The van der Waals surface area contributed by atoms with Crippen LogP contribution in [0.3, 0.4) is 0 Å². The van der Waals surface area contributed by atoms with Gasteiger partial charge in [-0.2, -0.15) is 0 Å². The summed E-state index contributed by atoms with van der Waals surface area (Å²) in [5.41, 5.74) is 0.165. The van der Waals surface area contributed by atoms with Crippen molar-refractivity contribution in [2.24, 2.45) is 7.05 Å². The summed E-state index contributed by atoms with van der Waals surface area (Å²) in [5.74, 6) is 1.13. The van der Waals surface area contributed by atoms with Gasteiger partial charge < -0.3 is 4.57 Å². The van der Waals surface area contributed by atoms with Crippen LogP contribution in [0.2, 0.25) is 0 Å². The molecule has 1 heterocycles. The van der Waals surface area contributed by atoms with E-state index in [1.165, 1.54) is 0 Å². The molecule has 1 aromatic rings. The zero-order chi connectivity index (χ0) is 9.78. The second-order valence-electron chi connectivity index (χ2n) is 3.61. The third kappa shape index (κ3) is 2.68. The van der Waals surface area contributed by atoms with Gasteiger partial charge in [0, 0.05) is 24.9 Å². The van der Waals surface area contributed by atoms with Crippen molar-refractivity contribution in [3.63, 3.8) is 0 Å². The molecule has 0 saturated heterocycles. The van der Waals surface area contributed by atoms with Gasteiger partial charge in [-0.15, -0.1) is 0 Å². The summed E-state index contributed by atoms with van der Waals surface area (Å²) >= 11 is 0. The molecule has 0 unspecified atom stereocenters. The van der Waals surface area contributed by atoms with Crippen molar-refractivity contribution in [2.45, 2.75) is 40.0 Å². The van der Waals surface area contributed by atoms with Gasteiger partial charge in [0.15, 0.2) is 0 Å². The lowest BCUT2D eigenvalue weighted by Gasteiger charge is -2.17. The zero-order valence-electron chi connectivity index (χ0n) is 9.05. The van der Waals surface area contributed by atoms with Crippen molar-refractivity contribution < 1.29 is 0 Å². The summed E-state index contributed by atoms with van der Waals surface area (Å²) < 4.78 is 2.06. The van der Waals surface area contributed by atoms with Crippen LogP contribution in [0.25, 0.3) is 0 Å². The van der Waals surface area contributed by atoms with Crippen LogP contribution < -0.4 is 0 Å². The number of hydrogen-bond acceptors (Lipinski definition) is 1. The number of aryl methyl sites for hydroxylation is 1. The average Bonchev–Trinajstić information content (AvgIpc) is 2.38. The van der Waals surface area contributed by atoms with Crippen molar-refractivity contribution in [1.82, 2.24) is 9.55 Å².